The molecule has 6 nitrogen and oxygen atoms in total. The summed E-state index contributed by atoms with van der Waals surface area (Å²) in [5.41, 5.74) is 2.51. The fourth-order valence-corrected chi connectivity index (χ4v) is 3.43. The van der Waals surface area contributed by atoms with Crippen LogP contribution in [-0.2, 0) is 4.79 Å². The molecule has 1 aromatic carbocycles. The first-order valence-corrected chi connectivity index (χ1v) is 8.85. The van der Waals surface area contributed by atoms with Crippen molar-refractivity contribution in [3.05, 3.63) is 36.0 Å². The van der Waals surface area contributed by atoms with Crippen molar-refractivity contribution in [1.82, 2.24) is 15.2 Å². The molecule has 1 aromatic heterocycles. The van der Waals surface area contributed by atoms with Crippen molar-refractivity contribution in [2.45, 2.75) is 44.7 Å². The third-order valence-corrected chi connectivity index (χ3v) is 4.83. The van der Waals surface area contributed by atoms with Crippen LogP contribution in [0.1, 0.15) is 31.2 Å². The fraction of sp³-hybridized carbons (Fsp3) is 0.421. The van der Waals surface area contributed by atoms with Crippen LogP contribution in [0.3, 0.4) is 0 Å². The minimum absolute atomic E-state index is 0.0256. The van der Waals surface area contributed by atoms with Gasteiger partial charge in [-0.15, -0.1) is 0 Å². The predicted molar refractivity (Wildman–Crippen MR) is 96.4 cm³/mol. The van der Waals surface area contributed by atoms with Crippen LogP contribution in [0.15, 0.2) is 30.5 Å². The van der Waals surface area contributed by atoms with Crippen molar-refractivity contribution in [3.63, 3.8) is 0 Å². The first kappa shape index (κ1) is 15.9. The number of hydrogen-bond donors (Lipinski definition) is 2. The van der Waals surface area contributed by atoms with Crippen molar-refractivity contribution in [2.75, 3.05) is 11.9 Å². The van der Waals surface area contributed by atoms with Crippen molar-refractivity contribution in [1.29, 1.82) is 0 Å². The Bertz CT molecular complexity index is 831. The number of nitrogens with one attached hydrogen (secondary N) is 2. The molecule has 1 aliphatic heterocycles. The molecule has 3 amide bonds. The van der Waals surface area contributed by atoms with Gasteiger partial charge in [0.2, 0.25) is 5.91 Å². The number of carbonyl (C=O) groups excluding carboxylic acids is 2. The third-order valence-electron chi connectivity index (χ3n) is 4.83. The van der Waals surface area contributed by atoms with E-state index in [1.165, 1.54) is 0 Å². The van der Waals surface area contributed by atoms with E-state index < -0.39 is 0 Å². The molecular weight excluding hydrogens is 316 g/mol. The quantitative estimate of drug-likeness (QED) is 0.904. The zero-order valence-corrected chi connectivity index (χ0v) is 14.3. The van der Waals surface area contributed by atoms with E-state index in [0.29, 0.717) is 18.3 Å². The fourth-order valence-electron chi connectivity index (χ4n) is 3.43. The number of nitrogens with zero attached hydrogens (tertiary/aromatic N) is 2. The van der Waals surface area contributed by atoms with Crippen LogP contribution in [0, 0.1) is 6.92 Å². The summed E-state index contributed by atoms with van der Waals surface area (Å²) in [6.07, 6.45) is 5.38. The number of anilines is 1. The van der Waals surface area contributed by atoms with Crippen molar-refractivity contribution in [3.8, 4) is 0 Å². The topological polar surface area (TPSA) is 74.3 Å². The van der Waals surface area contributed by atoms with E-state index in [0.717, 1.165) is 42.1 Å². The second kappa shape index (κ2) is 6.35. The van der Waals surface area contributed by atoms with E-state index in [2.05, 4.69) is 15.6 Å². The van der Waals surface area contributed by atoms with Crippen molar-refractivity contribution < 1.29 is 9.59 Å². The number of carbonyl (C=O) groups is 2. The molecule has 6 heteroatoms. The van der Waals surface area contributed by atoms with E-state index in [-0.39, 0.29) is 18.0 Å². The van der Waals surface area contributed by atoms with Crippen LogP contribution in [0.4, 0.5) is 10.5 Å². The van der Waals surface area contributed by atoms with Crippen LogP contribution in [0.5, 0.6) is 0 Å². The van der Waals surface area contributed by atoms with Gasteiger partial charge in [0, 0.05) is 24.2 Å². The Labute approximate surface area is 146 Å². The van der Waals surface area contributed by atoms with Gasteiger partial charge in [-0.1, -0.05) is 6.07 Å². The van der Waals surface area contributed by atoms with Gasteiger partial charge < -0.3 is 15.5 Å². The SMILES string of the molecule is Cc1cc(NC(=O)N2CCCC2C(=O)NC2CC2)c2ncccc2c1. The number of rotatable bonds is 3. The number of likely N-dealkylation sites (tertiary alicyclic amines) is 1. The van der Waals surface area contributed by atoms with Gasteiger partial charge in [-0.2, -0.15) is 0 Å². The van der Waals surface area contributed by atoms with Gasteiger partial charge in [0.15, 0.2) is 0 Å². The molecule has 1 aliphatic carbocycles. The highest BCUT2D eigenvalue weighted by molar-refractivity contribution is 6.01. The summed E-state index contributed by atoms with van der Waals surface area (Å²) in [6, 6.07) is 7.53. The van der Waals surface area contributed by atoms with E-state index in [1.807, 2.05) is 31.2 Å². The Morgan fingerprint density at radius 2 is 2.08 bits per heavy atom. The summed E-state index contributed by atoms with van der Waals surface area (Å²) in [7, 11) is 0. The van der Waals surface area contributed by atoms with Gasteiger partial charge >= 0.3 is 6.03 Å². The molecule has 25 heavy (non-hydrogen) atoms. The van der Waals surface area contributed by atoms with E-state index >= 15 is 0 Å². The predicted octanol–water partition coefficient (Wildman–Crippen LogP) is 2.82. The van der Waals surface area contributed by atoms with E-state index in [1.54, 1.807) is 11.1 Å². The van der Waals surface area contributed by atoms with Crippen LogP contribution in [-0.4, -0.2) is 40.5 Å². The maximum Gasteiger partial charge on any atom is 0.322 e. The number of benzene rings is 1. The van der Waals surface area contributed by atoms with Gasteiger partial charge in [0.25, 0.3) is 0 Å². The summed E-state index contributed by atoms with van der Waals surface area (Å²) in [6.45, 7) is 2.59. The molecule has 2 heterocycles. The Balaban J connectivity index is 1.54. The Morgan fingerprint density at radius 1 is 1.24 bits per heavy atom. The second-order valence-electron chi connectivity index (χ2n) is 6.95. The minimum Gasteiger partial charge on any atom is -0.352 e. The normalized spacial score (nSPS) is 19.9. The highest BCUT2D eigenvalue weighted by Crippen LogP contribution is 2.26. The molecule has 1 saturated carbocycles. The van der Waals surface area contributed by atoms with Gasteiger partial charge in [-0.3, -0.25) is 9.78 Å². The van der Waals surface area contributed by atoms with E-state index in [9.17, 15) is 9.59 Å². The molecule has 0 radical (unpaired) electrons. The molecular formula is C19H22N4O2. The first-order chi connectivity index (χ1) is 12.1. The lowest BCUT2D eigenvalue weighted by Gasteiger charge is -2.24. The first-order valence-electron chi connectivity index (χ1n) is 8.85. The number of aromatic nitrogens is 1. The summed E-state index contributed by atoms with van der Waals surface area (Å²) in [5.74, 6) is -0.0256. The lowest BCUT2D eigenvalue weighted by atomic mass is 10.1. The third kappa shape index (κ3) is 3.29. The second-order valence-corrected chi connectivity index (χ2v) is 6.95. The largest absolute Gasteiger partial charge is 0.352 e. The zero-order chi connectivity index (χ0) is 17.4. The van der Waals surface area contributed by atoms with Crippen LogP contribution in [0.25, 0.3) is 10.9 Å². The summed E-state index contributed by atoms with van der Waals surface area (Å²) in [5, 5.41) is 6.96. The Morgan fingerprint density at radius 3 is 2.88 bits per heavy atom. The van der Waals surface area contributed by atoms with E-state index in [4.69, 9.17) is 0 Å². The standard InChI is InChI=1S/C19H22N4O2/c1-12-10-13-4-2-8-20-17(13)15(11-12)22-19(25)23-9-3-5-16(23)18(24)21-14-6-7-14/h2,4,8,10-11,14,16H,3,5-7,9H2,1H3,(H,21,24)(H,22,25). The maximum absolute atomic E-state index is 12.8. The number of amides is 3. The van der Waals surface area contributed by atoms with Gasteiger partial charge in [-0.25, -0.2) is 4.79 Å². The highest BCUT2D eigenvalue weighted by atomic mass is 16.2. The molecule has 0 bridgehead atoms. The van der Waals surface area contributed by atoms with Gasteiger partial charge in [-0.05, 0) is 56.4 Å². The lowest BCUT2D eigenvalue weighted by Crippen LogP contribution is -2.48. The zero-order valence-electron chi connectivity index (χ0n) is 14.3. The average molecular weight is 338 g/mol. The number of urea groups is 1. The molecule has 2 aromatic rings. The molecule has 130 valence electrons. The molecule has 1 unspecified atom stereocenters. The monoisotopic (exact) mass is 338 g/mol. The molecule has 4 rings (SSSR count). The minimum atomic E-state index is -0.371. The molecule has 2 fully saturated rings. The average Bonchev–Trinajstić information content (AvgIpc) is 3.25. The number of aryl methyl sites for hydroxylation is 1. The molecule has 2 N–H and O–H groups in total. The molecule has 1 saturated heterocycles. The summed E-state index contributed by atoms with van der Waals surface area (Å²) in [4.78, 5) is 31.2. The molecule has 2 aliphatic rings. The Kier molecular flexibility index (Phi) is 4.03. The number of fused-ring (bicyclic) bond motifs is 1. The van der Waals surface area contributed by atoms with Crippen LogP contribution in [0.2, 0.25) is 0 Å². The number of pyridine rings is 1. The lowest BCUT2D eigenvalue weighted by molar-refractivity contribution is -0.124. The van der Waals surface area contributed by atoms with Crippen molar-refractivity contribution >= 4 is 28.5 Å². The highest BCUT2D eigenvalue weighted by Gasteiger charge is 2.36. The van der Waals surface area contributed by atoms with Crippen molar-refractivity contribution in [2.24, 2.45) is 0 Å². The smallest absolute Gasteiger partial charge is 0.322 e. The number of hydrogen-bond acceptors (Lipinski definition) is 3. The maximum atomic E-state index is 12.8. The molecule has 1 atom stereocenters. The summed E-state index contributed by atoms with van der Waals surface area (Å²) >= 11 is 0. The van der Waals surface area contributed by atoms with Gasteiger partial charge in [0.05, 0.1) is 11.2 Å². The summed E-state index contributed by atoms with van der Waals surface area (Å²) < 4.78 is 0. The molecule has 0 spiro atoms. The van der Waals surface area contributed by atoms with Crippen LogP contribution < -0.4 is 10.6 Å². The van der Waals surface area contributed by atoms with Gasteiger partial charge in [0.1, 0.15) is 6.04 Å². The van der Waals surface area contributed by atoms with Crippen LogP contribution >= 0.6 is 0 Å². The Hall–Kier alpha value is -2.63.